The van der Waals surface area contributed by atoms with Crippen molar-refractivity contribution in [2.75, 3.05) is 26.9 Å². The molecule has 1 atom stereocenters. The Balaban J connectivity index is 2.52. The number of urea groups is 1. The van der Waals surface area contributed by atoms with Gasteiger partial charge in [-0.2, -0.15) is 0 Å². The highest BCUT2D eigenvalue weighted by atomic mass is 35.5. The van der Waals surface area contributed by atoms with Crippen molar-refractivity contribution in [1.29, 1.82) is 0 Å². The van der Waals surface area contributed by atoms with E-state index in [1.54, 1.807) is 6.92 Å². The smallest absolute Gasteiger partial charge is 0.338 e. The van der Waals surface area contributed by atoms with Crippen LogP contribution in [0.1, 0.15) is 18.5 Å². The zero-order valence-corrected chi connectivity index (χ0v) is 16.2. The molecule has 0 aromatic heterocycles. The summed E-state index contributed by atoms with van der Waals surface area (Å²) in [6.45, 7) is 5.62. The number of nitrogens with one attached hydrogen (secondary N) is 1. The monoisotopic (exact) mass is 409 g/mol. The van der Waals surface area contributed by atoms with Gasteiger partial charge in [0.25, 0.3) is 5.69 Å². The van der Waals surface area contributed by atoms with Crippen molar-refractivity contribution in [2.24, 2.45) is 0 Å². The van der Waals surface area contributed by atoms with Gasteiger partial charge in [-0.25, -0.2) is 9.59 Å². The van der Waals surface area contributed by atoms with Crippen LogP contribution in [-0.4, -0.2) is 48.7 Å². The summed E-state index contributed by atoms with van der Waals surface area (Å²) < 4.78 is 10.1. The number of esters is 1. The number of amides is 2. The lowest BCUT2D eigenvalue weighted by Crippen LogP contribution is -2.48. The number of hydrogen-bond donors (Lipinski definition) is 1. The van der Waals surface area contributed by atoms with Gasteiger partial charge in [0.2, 0.25) is 0 Å². The highest BCUT2D eigenvalue weighted by Crippen LogP contribution is 2.35. The Labute approximate surface area is 166 Å². The van der Waals surface area contributed by atoms with Gasteiger partial charge in [-0.3, -0.25) is 15.0 Å². The minimum Gasteiger partial charge on any atom is -0.460 e. The van der Waals surface area contributed by atoms with Crippen molar-refractivity contribution < 1.29 is 24.0 Å². The van der Waals surface area contributed by atoms with Crippen molar-refractivity contribution in [3.8, 4) is 0 Å². The molecule has 1 aliphatic rings. The van der Waals surface area contributed by atoms with E-state index in [2.05, 4.69) is 11.9 Å². The van der Waals surface area contributed by atoms with Crippen LogP contribution in [-0.2, 0) is 14.3 Å². The summed E-state index contributed by atoms with van der Waals surface area (Å²) in [6.07, 6.45) is 1.52. The molecular formula is C18H20ClN3O6. The Morgan fingerprint density at radius 2 is 2.18 bits per heavy atom. The van der Waals surface area contributed by atoms with Gasteiger partial charge < -0.3 is 14.8 Å². The number of carbonyl (C=O) groups is 2. The number of halogens is 1. The first-order valence-electron chi connectivity index (χ1n) is 8.31. The number of carbonyl (C=O) groups excluding carboxylic acids is 2. The van der Waals surface area contributed by atoms with Crippen LogP contribution >= 0.6 is 11.6 Å². The van der Waals surface area contributed by atoms with Gasteiger partial charge in [0.05, 0.1) is 23.1 Å². The van der Waals surface area contributed by atoms with Gasteiger partial charge in [0.15, 0.2) is 0 Å². The normalized spacial score (nSPS) is 16.6. The van der Waals surface area contributed by atoms with Crippen LogP contribution < -0.4 is 5.32 Å². The number of nitro groups is 1. The number of benzene rings is 1. The molecule has 1 aromatic rings. The van der Waals surface area contributed by atoms with E-state index in [0.29, 0.717) is 11.3 Å². The molecule has 2 amide bonds. The molecule has 1 aliphatic heterocycles. The van der Waals surface area contributed by atoms with E-state index in [4.69, 9.17) is 21.1 Å². The molecule has 2 rings (SSSR count). The van der Waals surface area contributed by atoms with E-state index in [1.807, 2.05) is 0 Å². The Bertz CT molecular complexity index is 839. The summed E-state index contributed by atoms with van der Waals surface area (Å²) in [4.78, 5) is 37.1. The maximum absolute atomic E-state index is 12.7. The molecule has 150 valence electrons. The number of allylic oxidation sites excluding steroid dienone is 1. The number of nitro benzene ring substituents is 1. The highest BCUT2D eigenvalue weighted by Gasteiger charge is 2.36. The molecule has 0 fully saturated rings. The van der Waals surface area contributed by atoms with Crippen LogP contribution in [0.5, 0.6) is 0 Å². The highest BCUT2D eigenvalue weighted by molar-refractivity contribution is 6.32. The quantitative estimate of drug-likeness (QED) is 0.232. The zero-order chi connectivity index (χ0) is 20.8. The Kier molecular flexibility index (Phi) is 7.13. The van der Waals surface area contributed by atoms with Crippen molar-refractivity contribution in [2.45, 2.75) is 13.0 Å². The van der Waals surface area contributed by atoms with Gasteiger partial charge in [0.1, 0.15) is 11.6 Å². The molecule has 0 saturated carbocycles. The van der Waals surface area contributed by atoms with Gasteiger partial charge >= 0.3 is 12.0 Å². The fourth-order valence-corrected chi connectivity index (χ4v) is 2.98. The average molecular weight is 410 g/mol. The third-order valence-electron chi connectivity index (χ3n) is 4.15. The number of ether oxygens (including phenoxy) is 2. The first-order chi connectivity index (χ1) is 13.3. The van der Waals surface area contributed by atoms with Crippen molar-refractivity contribution >= 4 is 29.3 Å². The van der Waals surface area contributed by atoms with Gasteiger partial charge in [-0.05, 0) is 18.6 Å². The third kappa shape index (κ3) is 4.49. The molecule has 0 bridgehead atoms. The third-order valence-corrected chi connectivity index (χ3v) is 4.47. The molecule has 1 aromatic carbocycles. The molecule has 0 aliphatic carbocycles. The number of nitrogens with zero attached hydrogens (tertiary/aromatic N) is 2. The van der Waals surface area contributed by atoms with E-state index in [1.165, 1.54) is 36.3 Å². The maximum atomic E-state index is 12.7. The topological polar surface area (TPSA) is 111 Å². The number of hydrogen-bond acceptors (Lipinski definition) is 6. The predicted octanol–water partition coefficient (Wildman–Crippen LogP) is 2.96. The number of rotatable bonds is 8. The molecule has 9 nitrogen and oxygen atoms in total. The molecule has 28 heavy (non-hydrogen) atoms. The standard InChI is InChI=1S/C18H20ClN3O6/c1-4-7-21-11(2)15(17(23)28-9-8-27-3)16(20-18(21)24)12-5-6-13(19)14(10-12)22(25)26/h4-6,10,16H,1,7-9H2,2-3H3,(H,20,24). The van der Waals surface area contributed by atoms with E-state index in [9.17, 15) is 19.7 Å². The van der Waals surface area contributed by atoms with E-state index in [0.717, 1.165) is 0 Å². The summed E-state index contributed by atoms with van der Waals surface area (Å²) in [5.74, 6) is -0.661. The van der Waals surface area contributed by atoms with Crippen LogP contribution in [0.25, 0.3) is 0 Å². The Morgan fingerprint density at radius 1 is 1.46 bits per heavy atom. The Hall–Kier alpha value is -2.91. The molecule has 1 heterocycles. The molecule has 1 unspecified atom stereocenters. The van der Waals surface area contributed by atoms with Crippen molar-refractivity contribution in [3.63, 3.8) is 0 Å². The second kappa shape index (κ2) is 9.34. The molecule has 0 spiro atoms. The first-order valence-corrected chi connectivity index (χ1v) is 8.69. The predicted molar refractivity (Wildman–Crippen MR) is 102 cm³/mol. The van der Waals surface area contributed by atoms with Crippen LogP contribution in [0.3, 0.4) is 0 Å². The maximum Gasteiger partial charge on any atom is 0.338 e. The summed E-state index contributed by atoms with van der Waals surface area (Å²) in [5, 5.41) is 13.9. The fraction of sp³-hybridized carbons (Fsp3) is 0.333. The van der Waals surface area contributed by atoms with Gasteiger partial charge in [-0.1, -0.05) is 23.7 Å². The summed E-state index contributed by atoms with van der Waals surface area (Å²) >= 11 is 5.87. The van der Waals surface area contributed by atoms with E-state index >= 15 is 0 Å². The minimum absolute atomic E-state index is 0.0228. The van der Waals surface area contributed by atoms with Crippen LogP contribution in [0, 0.1) is 10.1 Å². The van der Waals surface area contributed by atoms with Crippen LogP contribution in [0.4, 0.5) is 10.5 Å². The van der Waals surface area contributed by atoms with Gasteiger partial charge in [-0.15, -0.1) is 6.58 Å². The zero-order valence-electron chi connectivity index (χ0n) is 15.4. The Morgan fingerprint density at radius 3 is 2.79 bits per heavy atom. The lowest BCUT2D eigenvalue weighted by molar-refractivity contribution is -0.384. The second-order valence-electron chi connectivity index (χ2n) is 5.88. The van der Waals surface area contributed by atoms with Crippen molar-refractivity contribution in [3.05, 3.63) is 62.8 Å². The lowest BCUT2D eigenvalue weighted by atomic mass is 9.94. The van der Waals surface area contributed by atoms with E-state index < -0.39 is 23.0 Å². The van der Waals surface area contributed by atoms with E-state index in [-0.39, 0.29) is 36.0 Å². The molecule has 1 N–H and O–H groups in total. The average Bonchev–Trinajstić information content (AvgIpc) is 2.65. The van der Waals surface area contributed by atoms with Crippen molar-refractivity contribution in [1.82, 2.24) is 10.2 Å². The molecule has 0 radical (unpaired) electrons. The fourth-order valence-electron chi connectivity index (χ4n) is 2.79. The SMILES string of the molecule is C=CCN1C(=O)NC(c2ccc(Cl)c([N+](=O)[O-])c2)C(C(=O)OCCOC)=C1C. The first kappa shape index (κ1) is 21.4. The summed E-state index contributed by atoms with van der Waals surface area (Å²) in [5.41, 5.74) is 0.537. The molecule has 0 saturated heterocycles. The summed E-state index contributed by atoms with van der Waals surface area (Å²) in [6, 6.07) is 2.69. The minimum atomic E-state index is -0.931. The molecular weight excluding hydrogens is 390 g/mol. The largest absolute Gasteiger partial charge is 0.460 e. The lowest BCUT2D eigenvalue weighted by Gasteiger charge is -2.34. The van der Waals surface area contributed by atoms with Crippen LogP contribution in [0.2, 0.25) is 5.02 Å². The van der Waals surface area contributed by atoms with Crippen LogP contribution in [0.15, 0.2) is 42.1 Å². The second-order valence-corrected chi connectivity index (χ2v) is 6.28. The molecule has 10 heteroatoms. The summed E-state index contributed by atoms with van der Waals surface area (Å²) in [7, 11) is 1.47. The van der Waals surface area contributed by atoms with Gasteiger partial charge in [0, 0.05) is 25.4 Å². The number of methoxy groups -OCH3 is 1.